The smallest absolute Gasteiger partial charge is 0.142 e. The lowest BCUT2D eigenvalue weighted by molar-refractivity contribution is 0.0120. The monoisotopic (exact) mass is 341 g/mol. The average Bonchev–Trinajstić information content (AvgIpc) is 3.32. The standard InChI is InChI=1S/C17H19N5OS/c18-9-13-2-1-3-15(20-13)21-14-8-17(23-11-14)4-6-22(12-17)10-16-19-5-7-24-16/h1-3,5,7,14H,4,6,8,10-12H2,(H,20,21)/t14-,17+/m0/s1. The van der Waals surface area contributed by atoms with Crippen molar-refractivity contribution in [3.8, 4) is 6.07 Å². The molecule has 0 amide bonds. The van der Waals surface area contributed by atoms with Crippen LogP contribution in [0, 0.1) is 11.3 Å². The van der Waals surface area contributed by atoms with Crippen molar-refractivity contribution in [2.24, 2.45) is 0 Å². The Morgan fingerprint density at radius 2 is 2.46 bits per heavy atom. The summed E-state index contributed by atoms with van der Waals surface area (Å²) in [6.45, 7) is 3.60. The Morgan fingerprint density at radius 1 is 1.50 bits per heavy atom. The molecule has 1 spiro atoms. The van der Waals surface area contributed by atoms with Crippen LogP contribution in [0.2, 0.25) is 0 Å². The van der Waals surface area contributed by atoms with E-state index in [-0.39, 0.29) is 11.6 Å². The van der Waals surface area contributed by atoms with Gasteiger partial charge in [-0.3, -0.25) is 4.90 Å². The van der Waals surface area contributed by atoms with Crippen molar-refractivity contribution in [1.29, 1.82) is 5.26 Å². The van der Waals surface area contributed by atoms with Gasteiger partial charge in [-0.2, -0.15) is 5.26 Å². The summed E-state index contributed by atoms with van der Waals surface area (Å²) in [5, 5.41) is 15.5. The van der Waals surface area contributed by atoms with E-state index >= 15 is 0 Å². The van der Waals surface area contributed by atoms with Gasteiger partial charge >= 0.3 is 0 Å². The first-order valence-corrected chi connectivity index (χ1v) is 9.01. The Kier molecular flexibility index (Phi) is 4.19. The van der Waals surface area contributed by atoms with Crippen LogP contribution in [-0.2, 0) is 11.3 Å². The fourth-order valence-electron chi connectivity index (χ4n) is 3.59. The topological polar surface area (TPSA) is 74.1 Å². The molecule has 2 aromatic heterocycles. The van der Waals surface area contributed by atoms with Gasteiger partial charge in [-0.15, -0.1) is 11.3 Å². The SMILES string of the molecule is N#Cc1cccc(N[C@@H]2CO[C@]3(CCN(Cc4nccs4)C3)C2)n1. The van der Waals surface area contributed by atoms with E-state index < -0.39 is 0 Å². The molecular formula is C17H19N5OS. The number of ether oxygens (including phenoxy) is 1. The normalized spacial score (nSPS) is 26.7. The van der Waals surface area contributed by atoms with Gasteiger partial charge in [-0.1, -0.05) is 6.07 Å². The van der Waals surface area contributed by atoms with Crippen LogP contribution in [0.15, 0.2) is 29.8 Å². The van der Waals surface area contributed by atoms with Crippen molar-refractivity contribution in [2.45, 2.75) is 31.0 Å². The Labute approximate surface area is 145 Å². The van der Waals surface area contributed by atoms with Gasteiger partial charge in [0.05, 0.1) is 24.8 Å². The van der Waals surface area contributed by atoms with Crippen LogP contribution < -0.4 is 5.32 Å². The number of hydrogen-bond acceptors (Lipinski definition) is 7. The van der Waals surface area contributed by atoms with Crippen molar-refractivity contribution >= 4 is 17.2 Å². The zero-order chi connectivity index (χ0) is 16.4. The lowest BCUT2D eigenvalue weighted by atomic mass is 9.97. The van der Waals surface area contributed by atoms with Crippen LogP contribution in [0.25, 0.3) is 0 Å². The number of nitrogens with zero attached hydrogens (tertiary/aromatic N) is 4. The molecule has 1 N–H and O–H groups in total. The largest absolute Gasteiger partial charge is 0.371 e. The molecule has 2 aliphatic heterocycles. The van der Waals surface area contributed by atoms with E-state index in [0.29, 0.717) is 12.3 Å². The maximum absolute atomic E-state index is 8.95. The molecule has 4 heterocycles. The van der Waals surface area contributed by atoms with Gasteiger partial charge in [0.25, 0.3) is 0 Å². The third-order valence-corrected chi connectivity index (χ3v) is 5.43. The number of nitrogens with one attached hydrogen (secondary N) is 1. The number of pyridine rings is 1. The van der Waals surface area contributed by atoms with E-state index in [0.717, 1.165) is 43.3 Å². The molecule has 0 aliphatic carbocycles. The second-order valence-electron chi connectivity index (χ2n) is 6.45. The molecule has 6 nitrogen and oxygen atoms in total. The summed E-state index contributed by atoms with van der Waals surface area (Å²) in [4.78, 5) is 11.1. The molecule has 0 bridgehead atoms. The van der Waals surface area contributed by atoms with Crippen molar-refractivity contribution in [1.82, 2.24) is 14.9 Å². The fourth-order valence-corrected chi connectivity index (χ4v) is 4.25. The number of aromatic nitrogens is 2. The third-order valence-electron chi connectivity index (χ3n) is 4.66. The molecule has 7 heteroatoms. The Morgan fingerprint density at radius 3 is 3.29 bits per heavy atom. The molecule has 2 fully saturated rings. The molecule has 0 radical (unpaired) electrons. The maximum atomic E-state index is 8.95. The van der Waals surface area contributed by atoms with Crippen LogP contribution in [0.4, 0.5) is 5.82 Å². The maximum Gasteiger partial charge on any atom is 0.142 e. The molecule has 24 heavy (non-hydrogen) atoms. The first-order chi connectivity index (χ1) is 11.7. The van der Waals surface area contributed by atoms with Gasteiger partial charge in [0, 0.05) is 31.1 Å². The first kappa shape index (κ1) is 15.5. The predicted molar refractivity (Wildman–Crippen MR) is 91.7 cm³/mol. The molecule has 0 saturated carbocycles. The fraction of sp³-hybridized carbons (Fsp3) is 0.471. The number of likely N-dealkylation sites (tertiary alicyclic amines) is 1. The average molecular weight is 341 g/mol. The van der Waals surface area contributed by atoms with Crippen LogP contribution >= 0.6 is 11.3 Å². The highest BCUT2D eigenvalue weighted by Crippen LogP contribution is 2.36. The van der Waals surface area contributed by atoms with Crippen molar-refractivity contribution in [3.63, 3.8) is 0 Å². The Hall–Kier alpha value is -2.01. The zero-order valence-electron chi connectivity index (χ0n) is 13.3. The second-order valence-corrected chi connectivity index (χ2v) is 7.42. The third kappa shape index (κ3) is 3.26. The lowest BCUT2D eigenvalue weighted by Crippen LogP contribution is -2.33. The first-order valence-electron chi connectivity index (χ1n) is 8.13. The van der Waals surface area contributed by atoms with Gasteiger partial charge in [0.1, 0.15) is 22.6 Å². The lowest BCUT2D eigenvalue weighted by Gasteiger charge is -2.23. The van der Waals surface area contributed by atoms with Crippen LogP contribution in [-0.4, -0.2) is 46.2 Å². The molecule has 2 saturated heterocycles. The van der Waals surface area contributed by atoms with E-state index in [9.17, 15) is 0 Å². The molecule has 0 aromatic carbocycles. The minimum Gasteiger partial charge on any atom is -0.371 e. The number of thiazole rings is 1. The minimum absolute atomic E-state index is 0.0538. The summed E-state index contributed by atoms with van der Waals surface area (Å²) in [5.41, 5.74) is 0.381. The van der Waals surface area contributed by atoms with Crippen LogP contribution in [0.5, 0.6) is 0 Å². The molecule has 4 rings (SSSR count). The molecule has 2 atom stereocenters. The summed E-state index contributed by atoms with van der Waals surface area (Å²) >= 11 is 1.71. The quantitative estimate of drug-likeness (QED) is 0.919. The second kappa shape index (κ2) is 6.48. The van der Waals surface area contributed by atoms with Gasteiger partial charge in [0.2, 0.25) is 0 Å². The van der Waals surface area contributed by atoms with Crippen LogP contribution in [0.1, 0.15) is 23.5 Å². The van der Waals surface area contributed by atoms with Gasteiger partial charge in [-0.25, -0.2) is 9.97 Å². The summed E-state index contributed by atoms with van der Waals surface area (Å²) in [7, 11) is 0. The molecule has 124 valence electrons. The zero-order valence-corrected chi connectivity index (χ0v) is 14.1. The van der Waals surface area contributed by atoms with E-state index in [1.165, 1.54) is 0 Å². The number of rotatable bonds is 4. The van der Waals surface area contributed by atoms with Gasteiger partial charge in [-0.05, 0) is 18.6 Å². The van der Waals surface area contributed by atoms with Crippen molar-refractivity contribution in [2.75, 3.05) is 25.0 Å². The summed E-state index contributed by atoms with van der Waals surface area (Å²) in [5.74, 6) is 0.748. The minimum atomic E-state index is -0.0538. The van der Waals surface area contributed by atoms with Gasteiger partial charge < -0.3 is 10.1 Å². The van der Waals surface area contributed by atoms with E-state index in [2.05, 4.69) is 26.3 Å². The van der Waals surface area contributed by atoms with E-state index in [4.69, 9.17) is 10.00 Å². The predicted octanol–water partition coefficient (Wildman–Crippen LogP) is 2.26. The highest BCUT2D eigenvalue weighted by molar-refractivity contribution is 7.09. The van der Waals surface area contributed by atoms with E-state index in [1.54, 1.807) is 17.4 Å². The van der Waals surface area contributed by atoms with Crippen molar-refractivity contribution in [3.05, 3.63) is 40.5 Å². The number of nitriles is 1. The summed E-state index contributed by atoms with van der Waals surface area (Å²) < 4.78 is 6.18. The number of anilines is 1. The summed E-state index contributed by atoms with van der Waals surface area (Å²) in [6.07, 6.45) is 3.89. The molecule has 2 aromatic rings. The molecule has 2 aliphatic rings. The highest BCUT2D eigenvalue weighted by atomic mass is 32.1. The van der Waals surface area contributed by atoms with Gasteiger partial charge in [0.15, 0.2) is 0 Å². The molecule has 0 unspecified atom stereocenters. The number of hydrogen-bond donors (Lipinski definition) is 1. The highest BCUT2D eigenvalue weighted by Gasteiger charge is 2.45. The molecular weight excluding hydrogens is 322 g/mol. The Bertz CT molecular complexity index is 744. The van der Waals surface area contributed by atoms with Crippen molar-refractivity contribution < 1.29 is 4.74 Å². The summed E-state index contributed by atoms with van der Waals surface area (Å²) in [6, 6.07) is 7.78. The van der Waals surface area contributed by atoms with E-state index in [1.807, 2.05) is 23.7 Å². The Balaban J connectivity index is 1.35. The van der Waals surface area contributed by atoms with Crippen LogP contribution in [0.3, 0.4) is 0 Å².